The van der Waals surface area contributed by atoms with Gasteiger partial charge in [-0.2, -0.15) is 0 Å². The number of nitrogens with zero attached hydrogens (tertiary/aromatic N) is 1. The van der Waals surface area contributed by atoms with E-state index in [2.05, 4.69) is 10.5 Å². The fourth-order valence-corrected chi connectivity index (χ4v) is 2.90. The van der Waals surface area contributed by atoms with E-state index in [1.807, 2.05) is 13.8 Å². The second kappa shape index (κ2) is 7.65. The molecule has 0 spiro atoms. The molecule has 1 aromatic carbocycles. The zero-order valence-corrected chi connectivity index (χ0v) is 14.2. The number of hydrogen-bond acceptors (Lipinski definition) is 5. The molecule has 3 rings (SSSR count). The second-order valence-electron chi connectivity index (χ2n) is 6.30. The molecular weight excluding hydrogens is 327 g/mol. The van der Waals surface area contributed by atoms with Crippen LogP contribution in [0.3, 0.4) is 0 Å². The Kier molecular flexibility index (Phi) is 5.33. The average Bonchev–Trinajstić information content (AvgIpc) is 3.18. The van der Waals surface area contributed by atoms with E-state index in [4.69, 9.17) is 14.0 Å². The highest BCUT2D eigenvalue weighted by atomic mass is 19.1. The van der Waals surface area contributed by atoms with E-state index in [-0.39, 0.29) is 36.8 Å². The molecule has 0 aliphatic carbocycles. The average molecular weight is 348 g/mol. The summed E-state index contributed by atoms with van der Waals surface area (Å²) in [7, 11) is 0. The normalized spacial score (nSPS) is 22.8. The summed E-state index contributed by atoms with van der Waals surface area (Å²) < 4.78 is 29.6. The van der Waals surface area contributed by atoms with Crippen LogP contribution in [0.4, 0.5) is 4.39 Å². The Labute approximate surface area is 145 Å². The molecule has 0 bridgehead atoms. The summed E-state index contributed by atoms with van der Waals surface area (Å²) in [6.45, 7) is 4.26. The molecule has 1 amide bonds. The van der Waals surface area contributed by atoms with Crippen molar-refractivity contribution in [1.29, 1.82) is 0 Å². The number of nitrogens with one attached hydrogen (secondary N) is 1. The Morgan fingerprint density at radius 2 is 2.20 bits per heavy atom. The molecule has 1 fully saturated rings. The van der Waals surface area contributed by atoms with E-state index in [1.54, 1.807) is 18.2 Å². The van der Waals surface area contributed by atoms with Crippen molar-refractivity contribution in [2.75, 3.05) is 0 Å². The molecule has 2 aromatic rings. The van der Waals surface area contributed by atoms with Crippen LogP contribution in [0.15, 0.2) is 34.9 Å². The van der Waals surface area contributed by atoms with E-state index < -0.39 is 11.9 Å². The monoisotopic (exact) mass is 348 g/mol. The van der Waals surface area contributed by atoms with Crippen molar-refractivity contribution in [3.8, 4) is 5.75 Å². The largest absolute Gasteiger partial charge is 0.482 e. The highest BCUT2D eigenvalue weighted by Gasteiger charge is 2.34. The van der Waals surface area contributed by atoms with Gasteiger partial charge in [-0.1, -0.05) is 24.2 Å². The molecule has 25 heavy (non-hydrogen) atoms. The molecule has 3 atom stereocenters. The molecule has 134 valence electrons. The van der Waals surface area contributed by atoms with Crippen LogP contribution in [0.5, 0.6) is 5.75 Å². The lowest BCUT2D eigenvalue weighted by Crippen LogP contribution is -2.37. The number of halogens is 1. The second-order valence-corrected chi connectivity index (χ2v) is 6.30. The number of hydrogen-bond donors (Lipinski definition) is 1. The molecule has 1 aliphatic heterocycles. The van der Waals surface area contributed by atoms with Gasteiger partial charge in [0.1, 0.15) is 18.4 Å². The smallest absolute Gasteiger partial charge is 0.249 e. The fraction of sp³-hybridized carbons (Fsp3) is 0.444. The highest BCUT2D eigenvalue weighted by molar-refractivity contribution is 5.81. The van der Waals surface area contributed by atoms with Gasteiger partial charge in [0.2, 0.25) is 5.91 Å². The standard InChI is InChI=1S/C18H21FN2O4/c1-11-7-12(2)24-17(11)18(22)20-9-13-8-14(25-21-13)10-23-16-6-4-3-5-15(16)19/h3-6,8,11-12,17H,7,9-10H2,1-2H3,(H,20,22)/t11-,12-,17-/m1/s1. The van der Waals surface area contributed by atoms with Crippen LogP contribution in [0.25, 0.3) is 0 Å². The van der Waals surface area contributed by atoms with Gasteiger partial charge in [-0.25, -0.2) is 4.39 Å². The molecule has 6 nitrogen and oxygen atoms in total. The maximum absolute atomic E-state index is 13.5. The van der Waals surface area contributed by atoms with Crippen molar-refractivity contribution < 1.29 is 23.2 Å². The van der Waals surface area contributed by atoms with Gasteiger partial charge in [0, 0.05) is 6.07 Å². The van der Waals surface area contributed by atoms with Crippen molar-refractivity contribution in [1.82, 2.24) is 10.5 Å². The quantitative estimate of drug-likeness (QED) is 0.869. The summed E-state index contributed by atoms with van der Waals surface area (Å²) in [5, 5.41) is 6.68. The molecule has 1 saturated heterocycles. The molecule has 7 heteroatoms. The van der Waals surface area contributed by atoms with E-state index in [1.165, 1.54) is 12.1 Å². The van der Waals surface area contributed by atoms with Crippen LogP contribution in [-0.2, 0) is 22.7 Å². The maximum atomic E-state index is 13.5. The number of rotatable bonds is 6. The van der Waals surface area contributed by atoms with Crippen LogP contribution in [0.2, 0.25) is 0 Å². The first-order valence-electron chi connectivity index (χ1n) is 8.28. The molecule has 1 N–H and O–H groups in total. The Bertz CT molecular complexity index is 733. The van der Waals surface area contributed by atoms with E-state index in [0.29, 0.717) is 11.5 Å². The molecule has 0 radical (unpaired) electrons. The molecule has 1 aromatic heterocycles. The topological polar surface area (TPSA) is 73.6 Å². The molecular formula is C18H21FN2O4. The van der Waals surface area contributed by atoms with Crippen molar-refractivity contribution in [3.05, 3.63) is 47.6 Å². The molecule has 1 aliphatic rings. The minimum atomic E-state index is -0.436. The van der Waals surface area contributed by atoms with Crippen LogP contribution < -0.4 is 10.1 Å². The summed E-state index contributed by atoms with van der Waals surface area (Å²) in [6, 6.07) is 7.81. The lowest BCUT2D eigenvalue weighted by Gasteiger charge is -2.14. The van der Waals surface area contributed by atoms with Gasteiger partial charge >= 0.3 is 0 Å². The van der Waals surface area contributed by atoms with E-state index in [9.17, 15) is 9.18 Å². The maximum Gasteiger partial charge on any atom is 0.249 e. The lowest BCUT2D eigenvalue weighted by atomic mass is 10.0. The zero-order chi connectivity index (χ0) is 17.8. The lowest BCUT2D eigenvalue weighted by molar-refractivity contribution is -0.133. The number of carbonyl (C=O) groups is 1. The summed E-state index contributed by atoms with van der Waals surface area (Å²) >= 11 is 0. The Hall–Kier alpha value is -2.41. The summed E-state index contributed by atoms with van der Waals surface area (Å²) in [4.78, 5) is 12.2. The Morgan fingerprint density at radius 3 is 2.92 bits per heavy atom. The summed E-state index contributed by atoms with van der Waals surface area (Å²) in [5.41, 5.74) is 0.569. The van der Waals surface area contributed by atoms with Crippen molar-refractivity contribution in [2.45, 2.75) is 45.6 Å². The van der Waals surface area contributed by atoms with Crippen LogP contribution in [0.1, 0.15) is 31.7 Å². The predicted molar refractivity (Wildman–Crippen MR) is 87.2 cm³/mol. The van der Waals surface area contributed by atoms with Gasteiger partial charge in [0.05, 0.1) is 12.6 Å². The number of para-hydroxylation sites is 1. The van der Waals surface area contributed by atoms with Gasteiger partial charge < -0.3 is 19.3 Å². The van der Waals surface area contributed by atoms with E-state index >= 15 is 0 Å². The van der Waals surface area contributed by atoms with Gasteiger partial charge in [-0.05, 0) is 31.4 Å². The number of aromatic nitrogens is 1. The van der Waals surface area contributed by atoms with Gasteiger partial charge in [0.25, 0.3) is 0 Å². The number of carbonyl (C=O) groups excluding carboxylic acids is 1. The zero-order valence-electron chi connectivity index (χ0n) is 14.2. The van der Waals surface area contributed by atoms with Crippen molar-refractivity contribution in [3.63, 3.8) is 0 Å². The fourth-order valence-electron chi connectivity index (χ4n) is 2.90. The first kappa shape index (κ1) is 17.4. The third-order valence-corrected chi connectivity index (χ3v) is 4.12. The predicted octanol–water partition coefficient (Wildman–Crippen LogP) is 2.82. The van der Waals surface area contributed by atoms with Crippen LogP contribution in [0, 0.1) is 11.7 Å². The van der Waals surface area contributed by atoms with Crippen molar-refractivity contribution in [2.24, 2.45) is 5.92 Å². The molecule has 0 unspecified atom stereocenters. The minimum absolute atomic E-state index is 0.0577. The summed E-state index contributed by atoms with van der Waals surface area (Å²) in [6.07, 6.45) is 0.547. The first-order valence-corrected chi connectivity index (χ1v) is 8.28. The van der Waals surface area contributed by atoms with E-state index in [0.717, 1.165) is 6.42 Å². The van der Waals surface area contributed by atoms with Crippen molar-refractivity contribution >= 4 is 5.91 Å². The Balaban J connectivity index is 1.49. The number of amides is 1. The highest BCUT2D eigenvalue weighted by Crippen LogP contribution is 2.25. The van der Waals surface area contributed by atoms with Gasteiger partial charge in [-0.15, -0.1) is 0 Å². The third-order valence-electron chi connectivity index (χ3n) is 4.12. The first-order chi connectivity index (χ1) is 12.0. The van der Waals surface area contributed by atoms with Crippen LogP contribution >= 0.6 is 0 Å². The van der Waals surface area contributed by atoms with Crippen LogP contribution in [-0.4, -0.2) is 23.3 Å². The number of ether oxygens (including phenoxy) is 2. The molecule has 0 saturated carbocycles. The summed E-state index contributed by atoms with van der Waals surface area (Å²) in [5.74, 6) is 0.206. The SMILES string of the molecule is C[C@@H]1C[C@@H](C)[C@H](C(=O)NCc2cc(COc3ccccc3F)on2)O1. The minimum Gasteiger partial charge on any atom is -0.482 e. The van der Waals surface area contributed by atoms with Gasteiger partial charge in [-0.3, -0.25) is 4.79 Å². The Morgan fingerprint density at radius 1 is 1.40 bits per heavy atom. The third kappa shape index (κ3) is 4.36. The van der Waals surface area contributed by atoms with Gasteiger partial charge in [0.15, 0.2) is 17.3 Å². The number of benzene rings is 1. The molecule has 2 heterocycles.